The quantitative estimate of drug-likeness (QED) is 0.610. The van der Waals surface area contributed by atoms with Crippen LogP contribution in [0.3, 0.4) is 0 Å². The molecule has 0 aliphatic rings. The number of aryl methyl sites for hydroxylation is 1. The highest BCUT2D eigenvalue weighted by Gasteiger charge is 2.26. The standard InChI is InChI=1S/C20H20FN3O2S2/c1-11(2)16(22-18(25)15-5-4-10-27-15)19(26)24-20-23-17(12(3)28-20)13-6-8-14(21)9-7-13/h4-11,16H,1-3H3,(H,22,25)(H,23,24,26). The molecule has 1 atom stereocenters. The fourth-order valence-corrected chi connectivity index (χ4v) is 4.13. The maximum Gasteiger partial charge on any atom is 0.262 e. The molecule has 0 aliphatic heterocycles. The minimum Gasteiger partial charge on any atom is -0.339 e. The number of rotatable bonds is 6. The first-order valence-corrected chi connectivity index (χ1v) is 10.4. The SMILES string of the molecule is Cc1sc(NC(=O)C(NC(=O)c2cccs2)C(C)C)nc1-c1ccc(F)cc1. The summed E-state index contributed by atoms with van der Waals surface area (Å²) in [5.41, 5.74) is 1.48. The number of benzene rings is 1. The molecule has 2 heterocycles. The van der Waals surface area contributed by atoms with Crippen molar-refractivity contribution in [2.45, 2.75) is 26.8 Å². The summed E-state index contributed by atoms with van der Waals surface area (Å²) >= 11 is 2.66. The summed E-state index contributed by atoms with van der Waals surface area (Å²) in [6.07, 6.45) is 0. The van der Waals surface area contributed by atoms with E-state index in [1.807, 2.05) is 26.2 Å². The predicted molar refractivity (Wildman–Crippen MR) is 111 cm³/mol. The highest BCUT2D eigenvalue weighted by molar-refractivity contribution is 7.16. The largest absolute Gasteiger partial charge is 0.339 e. The third kappa shape index (κ3) is 4.63. The average Bonchev–Trinajstić information content (AvgIpc) is 3.30. The Hall–Kier alpha value is -2.58. The van der Waals surface area contributed by atoms with E-state index in [1.165, 1.54) is 34.8 Å². The third-order valence-corrected chi connectivity index (χ3v) is 5.88. The van der Waals surface area contributed by atoms with Crippen LogP contribution in [0.25, 0.3) is 11.3 Å². The van der Waals surface area contributed by atoms with Crippen LogP contribution in [0, 0.1) is 18.7 Å². The molecule has 2 aromatic heterocycles. The van der Waals surface area contributed by atoms with E-state index < -0.39 is 6.04 Å². The Balaban J connectivity index is 1.74. The van der Waals surface area contributed by atoms with E-state index in [0.29, 0.717) is 15.7 Å². The number of nitrogens with zero attached hydrogens (tertiary/aromatic N) is 1. The van der Waals surface area contributed by atoms with Gasteiger partial charge in [-0.1, -0.05) is 19.9 Å². The minimum atomic E-state index is -0.687. The number of amides is 2. The van der Waals surface area contributed by atoms with Crippen molar-refractivity contribution >= 4 is 39.6 Å². The number of carbonyl (C=O) groups excluding carboxylic acids is 2. The zero-order chi connectivity index (χ0) is 20.3. The van der Waals surface area contributed by atoms with Gasteiger partial charge in [0.1, 0.15) is 11.9 Å². The molecular weight excluding hydrogens is 397 g/mol. The highest BCUT2D eigenvalue weighted by Crippen LogP contribution is 2.30. The molecule has 0 fully saturated rings. The van der Waals surface area contributed by atoms with Crippen LogP contribution in [0.5, 0.6) is 0 Å². The molecule has 0 aliphatic carbocycles. The predicted octanol–water partition coefficient (Wildman–Crippen LogP) is 4.71. The highest BCUT2D eigenvalue weighted by atomic mass is 32.1. The van der Waals surface area contributed by atoms with Gasteiger partial charge in [0.15, 0.2) is 5.13 Å². The van der Waals surface area contributed by atoms with E-state index in [2.05, 4.69) is 15.6 Å². The molecule has 0 saturated carbocycles. The Morgan fingerprint density at radius 2 is 1.86 bits per heavy atom. The van der Waals surface area contributed by atoms with Crippen LogP contribution in [0.15, 0.2) is 41.8 Å². The van der Waals surface area contributed by atoms with Crippen molar-refractivity contribution in [2.24, 2.45) is 5.92 Å². The molecule has 146 valence electrons. The Morgan fingerprint density at radius 1 is 1.14 bits per heavy atom. The monoisotopic (exact) mass is 417 g/mol. The van der Waals surface area contributed by atoms with Gasteiger partial charge in [-0.3, -0.25) is 9.59 Å². The molecule has 3 aromatic rings. The van der Waals surface area contributed by atoms with Crippen LogP contribution < -0.4 is 10.6 Å². The Morgan fingerprint density at radius 3 is 2.46 bits per heavy atom. The van der Waals surface area contributed by atoms with Crippen LogP contribution in [0.4, 0.5) is 9.52 Å². The molecule has 8 heteroatoms. The number of thiophene rings is 1. The molecular formula is C20H20FN3O2S2. The van der Waals surface area contributed by atoms with Crippen LogP contribution in [-0.4, -0.2) is 22.8 Å². The van der Waals surface area contributed by atoms with Gasteiger partial charge in [0.25, 0.3) is 5.91 Å². The fraction of sp³-hybridized carbons (Fsp3) is 0.250. The molecule has 1 aromatic carbocycles. The second-order valence-corrected chi connectivity index (χ2v) is 8.74. The number of carbonyl (C=O) groups is 2. The van der Waals surface area contributed by atoms with Crippen molar-refractivity contribution < 1.29 is 14.0 Å². The molecule has 0 radical (unpaired) electrons. The molecule has 1 unspecified atom stereocenters. The van der Waals surface area contributed by atoms with Gasteiger partial charge in [-0.15, -0.1) is 22.7 Å². The number of hydrogen-bond acceptors (Lipinski definition) is 5. The molecule has 28 heavy (non-hydrogen) atoms. The normalized spacial score (nSPS) is 12.0. The maximum atomic E-state index is 13.1. The van der Waals surface area contributed by atoms with E-state index in [1.54, 1.807) is 24.3 Å². The van der Waals surface area contributed by atoms with Crippen molar-refractivity contribution in [3.8, 4) is 11.3 Å². The van der Waals surface area contributed by atoms with E-state index in [9.17, 15) is 14.0 Å². The zero-order valence-corrected chi connectivity index (χ0v) is 17.3. The second kappa shape index (κ2) is 8.62. The molecule has 0 saturated heterocycles. The van der Waals surface area contributed by atoms with E-state index >= 15 is 0 Å². The van der Waals surface area contributed by atoms with Crippen molar-refractivity contribution in [1.82, 2.24) is 10.3 Å². The van der Waals surface area contributed by atoms with Gasteiger partial charge in [0.05, 0.1) is 10.6 Å². The van der Waals surface area contributed by atoms with E-state index in [0.717, 1.165) is 10.4 Å². The molecule has 2 amide bonds. The number of hydrogen-bond donors (Lipinski definition) is 2. The second-order valence-electron chi connectivity index (χ2n) is 6.59. The first-order chi connectivity index (χ1) is 13.3. The first-order valence-electron chi connectivity index (χ1n) is 8.73. The Kier molecular flexibility index (Phi) is 6.21. The Bertz CT molecular complexity index is 966. The topological polar surface area (TPSA) is 71.1 Å². The van der Waals surface area contributed by atoms with Crippen molar-refractivity contribution in [3.63, 3.8) is 0 Å². The summed E-state index contributed by atoms with van der Waals surface area (Å²) in [6.45, 7) is 5.64. The fourth-order valence-electron chi connectivity index (χ4n) is 2.66. The van der Waals surface area contributed by atoms with Gasteiger partial charge in [-0.05, 0) is 48.6 Å². The van der Waals surface area contributed by atoms with E-state index in [4.69, 9.17) is 0 Å². The van der Waals surface area contributed by atoms with E-state index in [-0.39, 0.29) is 23.5 Å². The molecule has 2 N–H and O–H groups in total. The number of thiazole rings is 1. The Labute approximate surface area is 170 Å². The average molecular weight is 418 g/mol. The lowest BCUT2D eigenvalue weighted by Crippen LogP contribution is -2.46. The number of anilines is 1. The van der Waals surface area contributed by atoms with Gasteiger partial charge < -0.3 is 10.6 Å². The summed E-state index contributed by atoms with van der Waals surface area (Å²) in [5.74, 6) is -1.00. The maximum absolute atomic E-state index is 13.1. The number of nitrogens with one attached hydrogen (secondary N) is 2. The summed E-state index contributed by atoms with van der Waals surface area (Å²) in [5, 5.41) is 7.85. The third-order valence-electron chi connectivity index (χ3n) is 4.13. The lowest BCUT2D eigenvalue weighted by atomic mass is 10.0. The molecule has 0 spiro atoms. The number of halogens is 1. The molecule has 3 rings (SSSR count). The van der Waals surface area contributed by atoms with Crippen molar-refractivity contribution in [2.75, 3.05) is 5.32 Å². The number of aromatic nitrogens is 1. The van der Waals surface area contributed by atoms with Crippen LogP contribution in [-0.2, 0) is 4.79 Å². The van der Waals surface area contributed by atoms with Gasteiger partial charge in [-0.25, -0.2) is 9.37 Å². The summed E-state index contributed by atoms with van der Waals surface area (Å²) in [4.78, 5) is 31.0. The van der Waals surface area contributed by atoms with Gasteiger partial charge in [-0.2, -0.15) is 0 Å². The van der Waals surface area contributed by atoms with Gasteiger partial charge >= 0.3 is 0 Å². The van der Waals surface area contributed by atoms with Crippen LogP contribution in [0.1, 0.15) is 28.4 Å². The molecule has 5 nitrogen and oxygen atoms in total. The lowest BCUT2D eigenvalue weighted by molar-refractivity contribution is -0.118. The van der Waals surface area contributed by atoms with Gasteiger partial charge in [0.2, 0.25) is 5.91 Å². The van der Waals surface area contributed by atoms with Crippen LogP contribution in [0.2, 0.25) is 0 Å². The van der Waals surface area contributed by atoms with Gasteiger partial charge in [0, 0.05) is 10.4 Å². The first kappa shape index (κ1) is 20.2. The minimum absolute atomic E-state index is 0.0958. The van der Waals surface area contributed by atoms with Crippen LogP contribution >= 0.6 is 22.7 Å². The zero-order valence-electron chi connectivity index (χ0n) is 15.7. The van der Waals surface area contributed by atoms with Crippen molar-refractivity contribution in [1.29, 1.82) is 0 Å². The smallest absolute Gasteiger partial charge is 0.262 e. The summed E-state index contributed by atoms with van der Waals surface area (Å²) < 4.78 is 13.1. The lowest BCUT2D eigenvalue weighted by Gasteiger charge is -2.20. The molecule has 0 bridgehead atoms. The summed E-state index contributed by atoms with van der Waals surface area (Å²) in [7, 11) is 0. The summed E-state index contributed by atoms with van der Waals surface area (Å²) in [6, 6.07) is 8.88. The van der Waals surface area contributed by atoms with Crippen molar-refractivity contribution in [3.05, 3.63) is 57.3 Å².